The monoisotopic (exact) mass is 167 g/mol. The van der Waals surface area contributed by atoms with Gasteiger partial charge in [0.25, 0.3) is 0 Å². The van der Waals surface area contributed by atoms with E-state index in [1.165, 1.54) is 19.3 Å². The summed E-state index contributed by atoms with van der Waals surface area (Å²) in [6.45, 7) is 7.39. The fraction of sp³-hybridized carbons (Fsp3) is 1.00. The molecule has 1 heteroatoms. The number of fused-ring (bicyclic) bond motifs is 2. The summed E-state index contributed by atoms with van der Waals surface area (Å²) in [7, 11) is 2.12. The van der Waals surface area contributed by atoms with Gasteiger partial charge in [0.05, 0.1) is 0 Å². The van der Waals surface area contributed by atoms with Crippen LogP contribution in [-0.2, 0) is 0 Å². The molecule has 2 aliphatic rings. The molecular weight excluding hydrogens is 146 g/mol. The molecule has 0 heterocycles. The van der Waals surface area contributed by atoms with E-state index in [4.69, 9.17) is 0 Å². The molecule has 1 nitrogen and oxygen atoms in total. The van der Waals surface area contributed by atoms with Gasteiger partial charge in [-0.05, 0) is 43.1 Å². The van der Waals surface area contributed by atoms with Crippen molar-refractivity contribution in [2.24, 2.45) is 16.7 Å². The first-order valence-corrected chi connectivity index (χ1v) is 5.19. The zero-order valence-electron chi connectivity index (χ0n) is 8.78. The summed E-state index contributed by atoms with van der Waals surface area (Å²) in [6.07, 6.45) is 4.29. The van der Waals surface area contributed by atoms with Crippen molar-refractivity contribution in [1.29, 1.82) is 0 Å². The van der Waals surface area contributed by atoms with E-state index in [-0.39, 0.29) is 0 Å². The highest BCUT2D eigenvalue weighted by Gasteiger charge is 2.60. The number of hydrogen-bond acceptors (Lipinski definition) is 1. The molecule has 1 N–H and O–H groups in total. The minimum absolute atomic E-state index is 0.562. The van der Waals surface area contributed by atoms with Gasteiger partial charge in [0, 0.05) is 6.04 Å². The third-order valence-corrected chi connectivity index (χ3v) is 5.14. The Bertz CT molecular complexity index is 197. The first-order valence-electron chi connectivity index (χ1n) is 5.19. The molecule has 2 fully saturated rings. The summed E-state index contributed by atoms with van der Waals surface area (Å²) < 4.78 is 0. The Balaban J connectivity index is 2.33. The molecule has 2 saturated carbocycles. The van der Waals surface area contributed by atoms with Gasteiger partial charge in [-0.15, -0.1) is 0 Å². The van der Waals surface area contributed by atoms with Gasteiger partial charge in [-0.25, -0.2) is 0 Å². The fourth-order valence-electron chi connectivity index (χ4n) is 3.64. The Labute approximate surface area is 75.9 Å². The van der Waals surface area contributed by atoms with Crippen LogP contribution in [0.1, 0.15) is 40.0 Å². The Morgan fingerprint density at radius 1 is 1.25 bits per heavy atom. The molecule has 2 rings (SSSR count). The van der Waals surface area contributed by atoms with Crippen molar-refractivity contribution in [1.82, 2.24) is 5.32 Å². The van der Waals surface area contributed by atoms with Crippen LogP contribution in [0.15, 0.2) is 0 Å². The highest BCUT2D eigenvalue weighted by Crippen LogP contribution is 2.65. The lowest BCUT2D eigenvalue weighted by atomic mass is 9.69. The van der Waals surface area contributed by atoms with Gasteiger partial charge < -0.3 is 5.32 Å². The topological polar surface area (TPSA) is 12.0 Å². The van der Waals surface area contributed by atoms with Gasteiger partial charge in [-0.1, -0.05) is 20.8 Å². The molecule has 2 aliphatic carbocycles. The molecule has 0 amide bonds. The Morgan fingerprint density at radius 3 is 2.17 bits per heavy atom. The first-order chi connectivity index (χ1) is 5.52. The second kappa shape index (κ2) is 2.25. The third-order valence-electron chi connectivity index (χ3n) is 5.14. The largest absolute Gasteiger partial charge is 0.316 e. The maximum absolute atomic E-state index is 3.49. The van der Waals surface area contributed by atoms with Crippen molar-refractivity contribution >= 4 is 0 Å². The van der Waals surface area contributed by atoms with Crippen LogP contribution in [0.2, 0.25) is 0 Å². The van der Waals surface area contributed by atoms with Crippen LogP contribution < -0.4 is 5.32 Å². The standard InChI is InChI=1S/C11H21N/c1-10(2)8-5-6-11(10,3)9(7-8)12-4/h8-9,12H,5-7H2,1-4H3/t8?,9-,11?/m0/s1. The van der Waals surface area contributed by atoms with Crippen LogP contribution in [0.25, 0.3) is 0 Å². The highest BCUT2D eigenvalue weighted by molar-refractivity contribution is 5.12. The van der Waals surface area contributed by atoms with Crippen molar-refractivity contribution in [3.63, 3.8) is 0 Å². The minimum Gasteiger partial charge on any atom is -0.316 e. The predicted molar refractivity (Wildman–Crippen MR) is 52.1 cm³/mol. The average Bonchev–Trinajstić information content (AvgIpc) is 2.34. The smallest absolute Gasteiger partial charge is 0.0126 e. The molecule has 0 saturated heterocycles. The number of rotatable bonds is 1. The van der Waals surface area contributed by atoms with Gasteiger partial charge >= 0.3 is 0 Å². The zero-order chi connectivity index (χ0) is 8.98. The summed E-state index contributed by atoms with van der Waals surface area (Å²) in [4.78, 5) is 0. The van der Waals surface area contributed by atoms with Crippen molar-refractivity contribution < 1.29 is 0 Å². The second-order valence-corrected chi connectivity index (χ2v) is 5.45. The maximum Gasteiger partial charge on any atom is 0.0126 e. The van der Waals surface area contributed by atoms with Crippen LogP contribution >= 0.6 is 0 Å². The highest BCUT2D eigenvalue weighted by atomic mass is 14.9. The van der Waals surface area contributed by atoms with E-state index in [0.29, 0.717) is 10.8 Å². The van der Waals surface area contributed by atoms with Gasteiger partial charge in [0.2, 0.25) is 0 Å². The molecule has 0 aliphatic heterocycles. The van der Waals surface area contributed by atoms with Crippen molar-refractivity contribution in [3.8, 4) is 0 Å². The molecular formula is C11H21N. The van der Waals surface area contributed by atoms with Crippen molar-refractivity contribution in [2.75, 3.05) is 7.05 Å². The maximum atomic E-state index is 3.49. The number of hydrogen-bond donors (Lipinski definition) is 1. The first kappa shape index (κ1) is 8.55. The second-order valence-electron chi connectivity index (χ2n) is 5.45. The molecule has 2 unspecified atom stereocenters. The molecule has 2 bridgehead atoms. The normalized spacial score (nSPS) is 50.0. The van der Waals surface area contributed by atoms with E-state index < -0.39 is 0 Å². The van der Waals surface area contributed by atoms with Gasteiger partial charge in [0.1, 0.15) is 0 Å². The van der Waals surface area contributed by atoms with E-state index >= 15 is 0 Å². The van der Waals surface area contributed by atoms with E-state index in [1.54, 1.807) is 0 Å². The quantitative estimate of drug-likeness (QED) is 0.632. The summed E-state index contributed by atoms with van der Waals surface area (Å²) >= 11 is 0. The lowest BCUT2D eigenvalue weighted by Gasteiger charge is -2.39. The Hall–Kier alpha value is -0.0400. The summed E-state index contributed by atoms with van der Waals surface area (Å²) in [5.74, 6) is 0.972. The Morgan fingerprint density at radius 2 is 1.92 bits per heavy atom. The van der Waals surface area contributed by atoms with E-state index in [1.807, 2.05) is 0 Å². The summed E-state index contributed by atoms with van der Waals surface area (Å²) in [5.41, 5.74) is 1.13. The lowest BCUT2D eigenvalue weighted by molar-refractivity contribution is 0.125. The zero-order valence-corrected chi connectivity index (χ0v) is 8.78. The van der Waals surface area contributed by atoms with Crippen LogP contribution in [-0.4, -0.2) is 13.1 Å². The molecule has 70 valence electrons. The lowest BCUT2D eigenvalue weighted by Crippen LogP contribution is -2.42. The molecule has 3 atom stereocenters. The molecule has 0 aromatic heterocycles. The molecule has 0 spiro atoms. The minimum atomic E-state index is 0.562. The summed E-state index contributed by atoms with van der Waals surface area (Å²) in [6, 6.07) is 0.770. The van der Waals surface area contributed by atoms with Crippen LogP contribution in [0, 0.1) is 16.7 Å². The van der Waals surface area contributed by atoms with Crippen LogP contribution in [0.5, 0.6) is 0 Å². The molecule has 0 aromatic carbocycles. The van der Waals surface area contributed by atoms with Crippen molar-refractivity contribution in [3.05, 3.63) is 0 Å². The Kier molecular flexibility index (Phi) is 1.61. The van der Waals surface area contributed by atoms with Crippen LogP contribution in [0.3, 0.4) is 0 Å². The van der Waals surface area contributed by atoms with Crippen molar-refractivity contribution in [2.45, 2.75) is 46.1 Å². The molecule has 0 radical (unpaired) electrons. The average molecular weight is 167 g/mol. The van der Waals surface area contributed by atoms with E-state index in [2.05, 4.69) is 33.1 Å². The van der Waals surface area contributed by atoms with Gasteiger partial charge in [-0.3, -0.25) is 0 Å². The van der Waals surface area contributed by atoms with E-state index in [0.717, 1.165) is 12.0 Å². The predicted octanol–water partition coefficient (Wildman–Crippen LogP) is 2.42. The van der Waals surface area contributed by atoms with E-state index in [9.17, 15) is 0 Å². The van der Waals surface area contributed by atoms with Gasteiger partial charge in [0.15, 0.2) is 0 Å². The molecule has 0 aromatic rings. The molecule has 12 heavy (non-hydrogen) atoms. The fourth-order valence-corrected chi connectivity index (χ4v) is 3.64. The third kappa shape index (κ3) is 0.736. The SMILES string of the molecule is CN[C@H]1CC2CCC1(C)C2(C)C. The van der Waals surface area contributed by atoms with Crippen LogP contribution in [0.4, 0.5) is 0 Å². The summed E-state index contributed by atoms with van der Waals surface area (Å²) in [5, 5.41) is 3.49. The number of nitrogens with one attached hydrogen (secondary N) is 1. The van der Waals surface area contributed by atoms with Gasteiger partial charge in [-0.2, -0.15) is 0 Å².